The molecule has 0 N–H and O–H groups in total. The SMILES string of the molecule is CC(C)c1ccc(C=C(C#N)C(=O)c2cccc([N+](=O)[O-])c2)cc1. The number of carbonyl (C=O) groups is 1. The van der Waals surface area contributed by atoms with Crippen LogP contribution in [0.15, 0.2) is 54.1 Å². The van der Waals surface area contributed by atoms with Crippen LogP contribution in [0, 0.1) is 21.4 Å². The van der Waals surface area contributed by atoms with Crippen LogP contribution in [0.5, 0.6) is 0 Å². The van der Waals surface area contributed by atoms with Crippen LogP contribution < -0.4 is 0 Å². The van der Waals surface area contributed by atoms with Gasteiger partial charge in [-0.05, 0) is 23.1 Å². The van der Waals surface area contributed by atoms with Crippen LogP contribution in [0.4, 0.5) is 5.69 Å². The minimum atomic E-state index is -0.572. The highest BCUT2D eigenvalue weighted by atomic mass is 16.6. The third-order valence-corrected chi connectivity index (χ3v) is 3.60. The highest BCUT2D eigenvalue weighted by Crippen LogP contribution is 2.19. The van der Waals surface area contributed by atoms with Gasteiger partial charge < -0.3 is 0 Å². The summed E-state index contributed by atoms with van der Waals surface area (Å²) in [5.41, 5.74) is 1.77. The van der Waals surface area contributed by atoms with Crippen LogP contribution in [0.2, 0.25) is 0 Å². The van der Waals surface area contributed by atoms with E-state index in [9.17, 15) is 20.2 Å². The number of rotatable bonds is 5. The Labute approximate surface area is 140 Å². The van der Waals surface area contributed by atoms with E-state index in [0.717, 1.165) is 11.1 Å². The maximum atomic E-state index is 12.4. The number of benzene rings is 2. The second-order valence-corrected chi connectivity index (χ2v) is 5.63. The Bertz CT molecular complexity index is 844. The number of ketones is 1. The standard InChI is InChI=1S/C19H16N2O3/c1-13(2)15-8-6-14(7-9-15)10-17(12-20)19(22)16-4-3-5-18(11-16)21(23)24/h3-11,13H,1-2H3. The number of non-ortho nitro benzene ring substituents is 1. The summed E-state index contributed by atoms with van der Waals surface area (Å²) in [4.78, 5) is 22.7. The summed E-state index contributed by atoms with van der Waals surface area (Å²) >= 11 is 0. The Balaban J connectivity index is 2.33. The number of hydrogen-bond donors (Lipinski definition) is 0. The maximum Gasteiger partial charge on any atom is 0.270 e. The van der Waals surface area contributed by atoms with Crippen LogP contribution >= 0.6 is 0 Å². The van der Waals surface area contributed by atoms with Crippen molar-refractivity contribution in [2.45, 2.75) is 19.8 Å². The fourth-order valence-corrected chi connectivity index (χ4v) is 2.21. The van der Waals surface area contributed by atoms with E-state index in [0.29, 0.717) is 5.92 Å². The van der Waals surface area contributed by atoms with E-state index in [1.807, 2.05) is 30.3 Å². The predicted molar refractivity (Wildman–Crippen MR) is 91.5 cm³/mol. The van der Waals surface area contributed by atoms with Gasteiger partial charge in [0.25, 0.3) is 5.69 Å². The van der Waals surface area contributed by atoms with Gasteiger partial charge in [0.15, 0.2) is 0 Å². The first-order chi connectivity index (χ1) is 11.4. The van der Waals surface area contributed by atoms with Crippen molar-refractivity contribution in [1.29, 1.82) is 5.26 Å². The average Bonchev–Trinajstić information content (AvgIpc) is 2.59. The number of nitriles is 1. The quantitative estimate of drug-likeness (QED) is 0.267. The Hall–Kier alpha value is -3.26. The molecule has 0 heterocycles. The summed E-state index contributed by atoms with van der Waals surface area (Å²) < 4.78 is 0. The summed E-state index contributed by atoms with van der Waals surface area (Å²) in [7, 11) is 0. The Kier molecular flexibility index (Phi) is 5.23. The number of nitro groups is 1. The molecule has 0 bridgehead atoms. The van der Waals surface area contributed by atoms with Gasteiger partial charge in [0.2, 0.25) is 5.78 Å². The smallest absolute Gasteiger partial charge is 0.270 e. The van der Waals surface area contributed by atoms with Crippen LogP contribution in [-0.2, 0) is 0 Å². The minimum absolute atomic E-state index is 0.0622. The van der Waals surface area contributed by atoms with Crippen molar-refractivity contribution in [3.05, 3.63) is 80.9 Å². The van der Waals surface area contributed by atoms with Crippen molar-refractivity contribution in [2.75, 3.05) is 0 Å². The largest absolute Gasteiger partial charge is 0.288 e. The second kappa shape index (κ2) is 7.34. The predicted octanol–water partition coefficient (Wildman–Crippen LogP) is 4.51. The van der Waals surface area contributed by atoms with Crippen LogP contribution in [0.3, 0.4) is 0 Å². The van der Waals surface area contributed by atoms with E-state index in [2.05, 4.69) is 13.8 Å². The van der Waals surface area contributed by atoms with Gasteiger partial charge in [-0.25, -0.2) is 0 Å². The molecule has 0 saturated carbocycles. The van der Waals surface area contributed by atoms with E-state index in [4.69, 9.17) is 0 Å². The summed E-state index contributed by atoms with van der Waals surface area (Å²) in [5.74, 6) is -0.140. The number of allylic oxidation sites excluding steroid dienone is 1. The molecule has 0 aromatic heterocycles. The topological polar surface area (TPSA) is 84.0 Å². The monoisotopic (exact) mass is 320 g/mol. The van der Waals surface area contributed by atoms with Gasteiger partial charge in [-0.2, -0.15) is 5.26 Å². The van der Waals surface area contributed by atoms with E-state index >= 15 is 0 Å². The second-order valence-electron chi connectivity index (χ2n) is 5.63. The molecule has 0 aliphatic heterocycles. The molecule has 0 unspecified atom stereocenters. The molecule has 0 aliphatic rings. The zero-order chi connectivity index (χ0) is 17.7. The molecule has 2 aromatic rings. The van der Waals surface area contributed by atoms with E-state index in [-0.39, 0.29) is 16.8 Å². The fourth-order valence-electron chi connectivity index (χ4n) is 2.21. The average molecular weight is 320 g/mol. The first-order valence-electron chi connectivity index (χ1n) is 7.43. The molecule has 120 valence electrons. The Morgan fingerprint density at radius 1 is 1.21 bits per heavy atom. The normalized spacial score (nSPS) is 11.2. The van der Waals surface area contributed by atoms with E-state index in [1.165, 1.54) is 30.3 Å². The Morgan fingerprint density at radius 3 is 2.42 bits per heavy atom. The summed E-state index contributed by atoms with van der Waals surface area (Å²) in [5, 5.41) is 20.1. The first-order valence-corrected chi connectivity index (χ1v) is 7.43. The molecular weight excluding hydrogens is 304 g/mol. The third kappa shape index (κ3) is 3.93. The van der Waals surface area contributed by atoms with Crippen molar-refractivity contribution in [3.63, 3.8) is 0 Å². The minimum Gasteiger partial charge on any atom is -0.288 e. The van der Waals surface area contributed by atoms with Crippen molar-refractivity contribution in [1.82, 2.24) is 0 Å². The summed E-state index contributed by atoms with van der Waals surface area (Å²) in [6.45, 7) is 4.16. The summed E-state index contributed by atoms with van der Waals surface area (Å²) in [6, 6.07) is 14.8. The molecule has 0 atom stereocenters. The molecule has 0 saturated heterocycles. The number of carbonyl (C=O) groups excluding carboxylic acids is 1. The van der Waals surface area contributed by atoms with Gasteiger partial charge in [0, 0.05) is 17.7 Å². The van der Waals surface area contributed by atoms with Gasteiger partial charge in [-0.3, -0.25) is 14.9 Å². The lowest BCUT2D eigenvalue weighted by Gasteiger charge is -2.05. The lowest BCUT2D eigenvalue weighted by molar-refractivity contribution is -0.384. The van der Waals surface area contributed by atoms with Gasteiger partial charge in [-0.1, -0.05) is 50.2 Å². The van der Waals surface area contributed by atoms with E-state index < -0.39 is 10.7 Å². The molecule has 0 radical (unpaired) electrons. The summed E-state index contributed by atoms with van der Waals surface area (Å²) in [6.07, 6.45) is 1.49. The third-order valence-electron chi connectivity index (χ3n) is 3.60. The molecule has 0 spiro atoms. The fraction of sp³-hybridized carbons (Fsp3) is 0.158. The zero-order valence-electron chi connectivity index (χ0n) is 13.4. The number of hydrogen-bond acceptors (Lipinski definition) is 4. The lowest BCUT2D eigenvalue weighted by Crippen LogP contribution is -2.02. The molecule has 5 heteroatoms. The van der Waals surface area contributed by atoms with Crippen molar-refractivity contribution in [3.8, 4) is 6.07 Å². The number of Topliss-reactive ketones (excluding diaryl/α,β-unsaturated/α-hetero) is 1. The van der Waals surface area contributed by atoms with E-state index in [1.54, 1.807) is 0 Å². The Morgan fingerprint density at radius 2 is 1.88 bits per heavy atom. The van der Waals surface area contributed by atoms with Gasteiger partial charge in [-0.15, -0.1) is 0 Å². The van der Waals surface area contributed by atoms with Crippen molar-refractivity contribution < 1.29 is 9.72 Å². The van der Waals surface area contributed by atoms with Crippen LogP contribution in [0.25, 0.3) is 6.08 Å². The molecule has 0 aliphatic carbocycles. The van der Waals surface area contributed by atoms with Crippen LogP contribution in [0.1, 0.15) is 41.3 Å². The molecule has 2 aromatic carbocycles. The molecule has 24 heavy (non-hydrogen) atoms. The van der Waals surface area contributed by atoms with Gasteiger partial charge in [0.1, 0.15) is 11.6 Å². The molecule has 2 rings (SSSR count). The molecule has 5 nitrogen and oxygen atoms in total. The van der Waals surface area contributed by atoms with Gasteiger partial charge >= 0.3 is 0 Å². The molecule has 0 fully saturated rings. The van der Waals surface area contributed by atoms with Crippen molar-refractivity contribution >= 4 is 17.5 Å². The molecule has 0 amide bonds. The lowest BCUT2D eigenvalue weighted by atomic mass is 9.99. The first kappa shape index (κ1) is 17.1. The molecular formula is C19H16N2O3. The zero-order valence-corrected chi connectivity index (χ0v) is 13.4. The van der Waals surface area contributed by atoms with Crippen molar-refractivity contribution in [2.24, 2.45) is 0 Å². The highest BCUT2D eigenvalue weighted by molar-refractivity contribution is 6.14. The van der Waals surface area contributed by atoms with Gasteiger partial charge in [0.05, 0.1) is 4.92 Å². The van der Waals surface area contributed by atoms with Crippen LogP contribution in [-0.4, -0.2) is 10.7 Å². The maximum absolute atomic E-state index is 12.4. The highest BCUT2D eigenvalue weighted by Gasteiger charge is 2.15. The number of nitrogens with zero attached hydrogens (tertiary/aromatic N) is 2. The number of nitro benzene ring substituents is 1.